The Morgan fingerprint density at radius 1 is 1.09 bits per heavy atom. The molecule has 0 saturated carbocycles. The first-order chi connectivity index (χ1) is 16.4. The Hall–Kier alpha value is -2.54. The fraction of sp³-hybridized carbons (Fsp3) is 0.444. The summed E-state index contributed by atoms with van der Waals surface area (Å²) in [7, 11) is 0. The summed E-state index contributed by atoms with van der Waals surface area (Å²) in [4.78, 5) is 2.30. The lowest BCUT2D eigenvalue weighted by Crippen LogP contribution is -2.51. The zero-order valence-electron chi connectivity index (χ0n) is 20.0. The van der Waals surface area contributed by atoms with E-state index in [-0.39, 0.29) is 6.61 Å². The van der Waals surface area contributed by atoms with Crippen LogP contribution < -0.4 is 9.47 Å². The van der Waals surface area contributed by atoms with Gasteiger partial charge in [0.05, 0.1) is 6.61 Å². The minimum absolute atomic E-state index is 0.273. The first-order valence-corrected chi connectivity index (χ1v) is 12.3. The van der Waals surface area contributed by atoms with E-state index in [1.807, 2.05) is 55.1 Å². The number of nitrogens with zero attached hydrogens (tertiary/aromatic N) is 3. The van der Waals surface area contributed by atoms with Crippen molar-refractivity contribution in [2.24, 2.45) is 0 Å². The molecule has 1 unspecified atom stereocenters. The average molecular weight is 484 g/mol. The van der Waals surface area contributed by atoms with Crippen LogP contribution in [0.1, 0.15) is 36.0 Å². The van der Waals surface area contributed by atoms with E-state index < -0.39 is 5.60 Å². The van der Waals surface area contributed by atoms with Crippen LogP contribution in [0, 0.1) is 13.8 Å². The molecule has 4 rings (SSSR count). The van der Waals surface area contributed by atoms with Crippen molar-refractivity contribution in [1.82, 2.24) is 14.7 Å². The summed E-state index contributed by atoms with van der Waals surface area (Å²) < 4.78 is 13.8. The molecule has 0 spiro atoms. The second-order valence-electron chi connectivity index (χ2n) is 9.31. The maximum atomic E-state index is 11.2. The van der Waals surface area contributed by atoms with E-state index >= 15 is 0 Å². The molecule has 1 aliphatic heterocycles. The van der Waals surface area contributed by atoms with Crippen molar-refractivity contribution in [2.75, 3.05) is 26.3 Å². The summed E-state index contributed by atoms with van der Waals surface area (Å²) in [5, 5.41) is 16.2. The van der Waals surface area contributed by atoms with Crippen LogP contribution in [-0.2, 0) is 13.1 Å². The number of halogens is 1. The zero-order valence-corrected chi connectivity index (χ0v) is 20.8. The van der Waals surface area contributed by atoms with Crippen molar-refractivity contribution in [3.05, 3.63) is 76.6 Å². The Morgan fingerprint density at radius 2 is 1.85 bits per heavy atom. The van der Waals surface area contributed by atoms with Crippen LogP contribution in [0.5, 0.6) is 11.5 Å². The number of rotatable bonds is 10. The normalized spacial score (nSPS) is 18.7. The molecular formula is C27H34ClN3O3. The third-order valence-electron chi connectivity index (χ3n) is 6.24. The average Bonchev–Trinajstić information content (AvgIpc) is 3.34. The maximum absolute atomic E-state index is 11.2. The highest BCUT2D eigenvalue weighted by Gasteiger charge is 2.34. The van der Waals surface area contributed by atoms with Gasteiger partial charge in [-0.1, -0.05) is 23.7 Å². The minimum Gasteiger partial charge on any atom is -0.494 e. The summed E-state index contributed by atoms with van der Waals surface area (Å²) in [6.45, 7) is 8.07. The molecule has 1 aromatic heterocycles. The number of β-amino-alcohol motifs (C(OH)–C–C–N with tert-alkyl or cyclic N) is 1. The first kappa shape index (κ1) is 24.6. The largest absolute Gasteiger partial charge is 0.494 e. The monoisotopic (exact) mass is 483 g/mol. The molecule has 1 atom stereocenters. The highest BCUT2D eigenvalue weighted by Crippen LogP contribution is 2.28. The lowest BCUT2D eigenvalue weighted by atomic mass is 9.93. The van der Waals surface area contributed by atoms with Crippen molar-refractivity contribution >= 4 is 11.6 Å². The molecule has 1 fully saturated rings. The second kappa shape index (κ2) is 11.3. The van der Waals surface area contributed by atoms with Gasteiger partial charge in [-0.25, -0.2) is 0 Å². The van der Waals surface area contributed by atoms with Gasteiger partial charge in [0.15, 0.2) is 0 Å². The van der Waals surface area contributed by atoms with Gasteiger partial charge in [0.2, 0.25) is 0 Å². The molecule has 34 heavy (non-hydrogen) atoms. The first-order valence-electron chi connectivity index (χ1n) is 11.9. The lowest BCUT2D eigenvalue weighted by molar-refractivity contribution is -0.0621. The molecule has 1 saturated heterocycles. The van der Waals surface area contributed by atoms with Crippen molar-refractivity contribution in [3.63, 3.8) is 0 Å². The molecule has 3 aromatic rings. The van der Waals surface area contributed by atoms with E-state index in [2.05, 4.69) is 22.1 Å². The highest BCUT2D eigenvalue weighted by molar-refractivity contribution is 6.32. The third-order valence-corrected chi connectivity index (χ3v) is 6.84. The maximum Gasteiger partial charge on any atom is 0.120 e. The predicted molar refractivity (Wildman–Crippen MR) is 135 cm³/mol. The number of piperidine rings is 1. The van der Waals surface area contributed by atoms with Crippen molar-refractivity contribution in [3.8, 4) is 11.5 Å². The standard InChI is InChI=1S/C27H34ClN3O3/c1-21-16-25(17-22(2)26(21)28)34-20-27(32)10-3-12-30(19-27)18-23-6-8-24(9-7-23)33-15-5-14-31-13-4-11-29-31/h4,6-9,11,13,16-17,32H,3,5,10,12,14-15,18-20H2,1-2H3. The number of likely N-dealkylation sites (tertiary alicyclic amines) is 1. The predicted octanol–water partition coefficient (Wildman–Crippen LogP) is 5.03. The smallest absolute Gasteiger partial charge is 0.120 e. The fourth-order valence-electron chi connectivity index (χ4n) is 4.46. The van der Waals surface area contributed by atoms with E-state index in [0.29, 0.717) is 13.2 Å². The van der Waals surface area contributed by atoms with Gasteiger partial charge in [0.1, 0.15) is 23.7 Å². The number of aliphatic hydroxyl groups is 1. The van der Waals surface area contributed by atoms with Crippen LogP contribution >= 0.6 is 11.6 Å². The zero-order chi connectivity index (χ0) is 24.0. The third kappa shape index (κ3) is 6.75. The molecule has 182 valence electrons. The Balaban J connectivity index is 1.24. The van der Waals surface area contributed by atoms with Crippen LogP contribution in [-0.4, -0.2) is 51.7 Å². The topological polar surface area (TPSA) is 59.8 Å². The molecule has 1 aliphatic rings. The lowest BCUT2D eigenvalue weighted by Gasteiger charge is -2.39. The van der Waals surface area contributed by atoms with E-state index in [4.69, 9.17) is 21.1 Å². The number of hydrogen-bond donors (Lipinski definition) is 1. The van der Waals surface area contributed by atoms with Crippen molar-refractivity contribution in [2.45, 2.75) is 51.8 Å². The quantitative estimate of drug-likeness (QED) is 0.410. The van der Waals surface area contributed by atoms with Gasteiger partial charge >= 0.3 is 0 Å². The van der Waals surface area contributed by atoms with Crippen molar-refractivity contribution in [1.29, 1.82) is 0 Å². The summed E-state index contributed by atoms with van der Waals surface area (Å²) in [6.07, 6.45) is 6.34. The van der Waals surface area contributed by atoms with E-state index in [1.54, 1.807) is 6.20 Å². The Labute approximate surface area is 207 Å². The van der Waals surface area contributed by atoms with Gasteiger partial charge in [0.25, 0.3) is 0 Å². The number of hydrogen-bond acceptors (Lipinski definition) is 5. The molecule has 6 nitrogen and oxygen atoms in total. The van der Waals surface area contributed by atoms with Crippen LogP contribution in [0.15, 0.2) is 54.9 Å². The molecule has 2 heterocycles. The van der Waals surface area contributed by atoms with Crippen LogP contribution in [0.4, 0.5) is 0 Å². The molecule has 0 amide bonds. The molecule has 0 bridgehead atoms. The number of aryl methyl sites for hydroxylation is 3. The fourth-order valence-corrected chi connectivity index (χ4v) is 4.57. The summed E-state index contributed by atoms with van der Waals surface area (Å²) in [5.74, 6) is 1.63. The Kier molecular flexibility index (Phi) is 8.14. The van der Waals surface area contributed by atoms with Gasteiger partial charge in [-0.15, -0.1) is 0 Å². The summed E-state index contributed by atoms with van der Waals surface area (Å²) in [5.41, 5.74) is 2.31. The number of ether oxygens (including phenoxy) is 2. The molecule has 7 heteroatoms. The van der Waals surface area contributed by atoms with E-state index in [0.717, 1.165) is 66.5 Å². The van der Waals surface area contributed by atoms with Crippen molar-refractivity contribution < 1.29 is 14.6 Å². The minimum atomic E-state index is -0.864. The molecule has 2 aromatic carbocycles. The van der Waals surface area contributed by atoms with E-state index in [9.17, 15) is 5.11 Å². The van der Waals surface area contributed by atoms with Crippen LogP contribution in [0.2, 0.25) is 5.02 Å². The van der Waals surface area contributed by atoms with Gasteiger partial charge in [0, 0.05) is 43.5 Å². The molecule has 0 radical (unpaired) electrons. The highest BCUT2D eigenvalue weighted by atomic mass is 35.5. The SMILES string of the molecule is Cc1cc(OCC2(O)CCCN(Cc3ccc(OCCCn4cccn4)cc3)C2)cc(C)c1Cl. The molecule has 0 aliphatic carbocycles. The second-order valence-corrected chi connectivity index (χ2v) is 9.69. The molecular weight excluding hydrogens is 450 g/mol. The van der Waals surface area contributed by atoms with Gasteiger partial charge < -0.3 is 14.6 Å². The van der Waals surface area contributed by atoms with Crippen LogP contribution in [0.3, 0.4) is 0 Å². The van der Waals surface area contributed by atoms with Crippen LogP contribution in [0.25, 0.3) is 0 Å². The Morgan fingerprint density at radius 3 is 2.56 bits per heavy atom. The van der Waals surface area contributed by atoms with Gasteiger partial charge in [-0.05, 0) is 80.3 Å². The number of aromatic nitrogens is 2. The van der Waals surface area contributed by atoms with Gasteiger partial charge in [-0.2, -0.15) is 5.10 Å². The summed E-state index contributed by atoms with van der Waals surface area (Å²) in [6, 6.07) is 14.0. The molecule has 1 N–H and O–H groups in total. The summed E-state index contributed by atoms with van der Waals surface area (Å²) >= 11 is 6.26. The van der Waals surface area contributed by atoms with E-state index in [1.165, 1.54) is 5.56 Å². The van der Waals surface area contributed by atoms with Gasteiger partial charge in [-0.3, -0.25) is 9.58 Å². The number of benzene rings is 2. The Bertz CT molecular complexity index is 1030.